The minimum atomic E-state index is 0.324. The molecule has 0 aliphatic rings. The number of nitrogens with one attached hydrogen (secondary N) is 1. The van der Waals surface area contributed by atoms with Gasteiger partial charge in [0.05, 0.1) is 12.6 Å². The molecule has 1 rings (SSSR count). The van der Waals surface area contributed by atoms with E-state index in [-0.39, 0.29) is 0 Å². The maximum atomic E-state index is 5.27. The number of rotatable bonds is 8. The van der Waals surface area contributed by atoms with Crippen LogP contribution in [0.15, 0.2) is 12.1 Å². The highest BCUT2D eigenvalue weighted by Gasteiger charge is 2.15. The molecule has 1 N–H and O–H groups in total. The molecule has 0 fully saturated rings. The van der Waals surface area contributed by atoms with E-state index in [1.165, 1.54) is 5.56 Å². The van der Waals surface area contributed by atoms with Crippen molar-refractivity contribution in [2.75, 3.05) is 25.2 Å². The van der Waals surface area contributed by atoms with Crippen molar-refractivity contribution in [3.8, 4) is 0 Å². The number of aromatic nitrogens is 1. The van der Waals surface area contributed by atoms with Crippen LogP contribution in [-0.2, 0) is 11.3 Å². The summed E-state index contributed by atoms with van der Waals surface area (Å²) in [6, 6.07) is 5.14. The van der Waals surface area contributed by atoms with E-state index in [9.17, 15) is 0 Å². The van der Waals surface area contributed by atoms with E-state index in [4.69, 9.17) is 4.74 Å². The zero-order chi connectivity index (χ0) is 15.1. The summed E-state index contributed by atoms with van der Waals surface area (Å²) in [6.07, 6.45) is 0. The van der Waals surface area contributed by atoms with Crippen LogP contribution >= 0.6 is 0 Å². The van der Waals surface area contributed by atoms with Gasteiger partial charge in [-0.3, -0.25) is 0 Å². The van der Waals surface area contributed by atoms with Crippen LogP contribution in [0.1, 0.15) is 39.0 Å². The number of anilines is 1. The van der Waals surface area contributed by atoms with Crippen LogP contribution in [0.5, 0.6) is 0 Å². The molecular formula is C16H29N3O. The number of aryl methyl sites for hydroxylation is 1. The third-order valence-corrected chi connectivity index (χ3v) is 3.29. The Morgan fingerprint density at radius 2 is 2.00 bits per heavy atom. The number of nitrogens with zero attached hydrogens (tertiary/aromatic N) is 2. The minimum Gasteiger partial charge on any atom is -0.383 e. The molecule has 0 saturated carbocycles. The highest BCUT2D eigenvalue weighted by atomic mass is 16.5. The largest absolute Gasteiger partial charge is 0.383 e. The van der Waals surface area contributed by atoms with E-state index in [1.54, 1.807) is 7.11 Å². The van der Waals surface area contributed by atoms with Crippen molar-refractivity contribution in [1.29, 1.82) is 0 Å². The van der Waals surface area contributed by atoms with E-state index in [1.807, 2.05) is 0 Å². The molecule has 0 spiro atoms. The van der Waals surface area contributed by atoms with Gasteiger partial charge in [0.25, 0.3) is 0 Å². The molecule has 1 atom stereocenters. The predicted molar refractivity (Wildman–Crippen MR) is 85.3 cm³/mol. The second-order valence-corrected chi connectivity index (χ2v) is 5.60. The summed E-state index contributed by atoms with van der Waals surface area (Å²) in [7, 11) is 1.74. The Labute approximate surface area is 123 Å². The second-order valence-electron chi connectivity index (χ2n) is 5.60. The van der Waals surface area contributed by atoms with Gasteiger partial charge in [0, 0.05) is 31.9 Å². The number of likely N-dealkylation sites (N-methyl/N-ethyl adjacent to an activating group) is 1. The number of ether oxygens (including phenoxy) is 1. The first-order chi connectivity index (χ1) is 9.47. The third-order valence-electron chi connectivity index (χ3n) is 3.29. The summed E-state index contributed by atoms with van der Waals surface area (Å²) in [4.78, 5) is 6.97. The average molecular weight is 279 g/mol. The van der Waals surface area contributed by atoms with Crippen molar-refractivity contribution in [3.63, 3.8) is 0 Å². The lowest BCUT2D eigenvalue weighted by Crippen LogP contribution is -2.37. The third kappa shape index (κ3) is 5.10. The normalized spacial score (nSPS) is 12.8. The molecule has 1 aromatic heterocycles. The minimum absolute atomic E-state index is 0.324. The SMILES string of the molecule is CCN(c1cc(CNC(C)C)cc(C)n1)C(C)COC. The van der Waals surface area contributed by atoms with Gasteiger partial charge in [-0.05, 0) is 38.5 Å². The van der Waals surface area contributed by atoms with Gasteiger partial charge in [0.2, 0.25) is 0 Å². The fourth-order valence-corrected chi connectivity index (χ4v) is 2.32. The van der Waals surface area contributed by atoms with Crippen LogP contribution in [0.3, 0.4) is 0 Å². The molecular weight excluding hydrogens is 250 g/mol. The van der Waals surface area contributed by atoms with Gasteiger partial charge in [-0.15, -0.1) is 0 Å². The Balaban J connectivity index is 2.92. The Bertz CT molecular complexity index is 407. The van der Waals surface area contributed by atoms with Crippen molar-refractivity contribution >= 4 is 5.82 Å². The average Bonchev–Trinajstić information content (AvgIpc) is 2.37. The molecule has 1 aromatic rings. The highest BCUT2D eigenvalue weighted by molar-refractivity contribution is 5.43. The van der Waals surface area contributed by atoms with Gasteiger partial charge >= 0.3 is 0 Å². The summed E-state index contributed by atoms with van der Waals surface area (Å²) >= 11 is 0. The first-order valence-electron chi connectivity index (χ1n) is 7.44. The molecule has 4 heteroatoms. The number of methoxy groups -OCH3 is 1. The van der Waals surface area contributed by atoms with Gasteiger partial charge in [0.15, 0.2) is 0 Å². The summed E-state index contributed by atoms with van der Waals surface area (Å²) < 4.78 is 5.27. The molecule has 0 aliphatic heterocycles. The molecule has 0 aromatic carbocycles. The molecule has 0 saturated heterocycles. The van der Waals surface area contributed by atoms with Crippen molar-refractivity contribution < 1.29 is 4.74 Å². The quantitative estimate of drug-likeness (QED) is 0.794. The maximum Gasteiger partial charge on any atom is 0.129 e. The monoisotopic (exact) mass is 279 g/mol. The molecule has 1 heterocycles. The standard InChI is InChI=1S/C16H29N3O/c1-7-19(14(5)11-20-6)16-9-15(8-13(4)18-16)10-17-12(2)3/h8-9,12,14,17H,7,10-11H2,1-6H3. The smallest absolute Gasteiger partial charge is 0.129 e. The first-order valence-corrected chi connectivity index (χ1v) is 7.44. The lowest BCUT2D eigenvalue weighted by atomic mass is 10.2. The molecule has 0 amide bonds. The van der Waals surface area contributed by atoms with Crippen molar-refractivity contribution in [1.82, 2.24) is 10.3 Å². The number of hydrogen-bond acceptors (Lipinski definition) is 4. The number of pyridine rings is 1. The van der Waals surface area contributed by atoms with Crippen LogP contribution in [0, 0.1) is 6.92 Å². The fraction of sp³-hybridized carbons (Fsp3) is 0.688. The Morgan fingerprint density at radius 1 is 1.30 bits per heavy atom. The summed E-state index contributed by atoms with van der Waals surface area (Å²) in [6.45, 7) is 13.2. The summed E-state index contributed by atoms with van der Waals surface area (Å²) in [5.41, 5.74) is 2.34. The maximum absolute atomic E-state index is 5.27. The Morgan fingerprint density at radius 3 is 2.55 bits per heavy atom. The van der Waals surface area contributed by atoms with E-state index >= 15 is 0 Å². The van der Waals surface area contributed by atoms with Crippen molar-refractivity contribution in [3.05, 3.63) is 23.4 Å². The fourth-order valence-electron chi connectivity index (χ4n) is 2.32. The zero-order valence-electron chi connectivity index (χ0n) is 13.7. The molecule has 114 valence electrons. The second kappa shape index (κ2) is 8.22. The summed E-state index contributed by atoms with van der Waals surface area (Å²) in [5, 5.41) is 3.46. The van der Waals surface area contributed by atoms with E-state index in [0.717, 1.165) is 24.6 Å². The van der Waals surface area contributed by atoms with Gasteiger partial charge in [-0.2, -0.15) is 0 Å². The highest BCUT2D eigenvalue weighted by Crippen LogP contribution is 2.17. The van der Waals surface area contributed by atoms with Crippen molar-refractivity contribution in [2.24, 2.45) is 0 Å². The lowest BCUT2D eigenvalue weighted by Gasteiger charge is -2.29. The first kappa shape index (κ1) is 16.9. The molecule has 1 unspecified atom stereocenters. The van der Waals surface area contributed by atoms with Gasteiger partial charge in [-0.25, -0.2) is 4.98 Å². The molecule has 0 radical (unpaired) electrons. The van der Waals surface area contributed by atoms with Crippen LogP contribution < -0.4 is 10.2 Å². The topological polar surface area (TPSA) is 37.4 Å². The molecule has 4 nitrogen and oxygen atoms in total. The molecule has 0 bridgehead atoms. The summed E-state index contributed by atoms with van der Waals surface area (Å²) in [5.74, 6) is 1.04. The van der Waals surface area contributed by atoms with Gasteiger partial charge in [-0.1, -0.05) is 13.8 Å². The van der Waals surface area contributed by atoms with E-state index < -0.39 is 0 Å². The van der Waals surface area contributed by atoms with Crippen molar-refractivity contribution in [2.45, 2.75) is 53.2 Å². The van der Waals surface area contributed by atoms with E-state index in [2.05, 4.69) is 62.0 Å². The van der Waals surface area contributed by atoms with Crippen LogP contribution in [0.25, 0.3) is 0 Å². The zero-order valence-corrected chi connectivity index (χ0v) is 13.7. The van der Waals surface area contributed by atoms with Crippen LogP contribution in [0.2, 0.25) is 0 Å². The van der Waals surface area contributed by atoms with Gasteiger partial charge < -0.3 is 15.0 Å². The predicted octanol–water partition coefficient (Wildman–Crippen LogP) is 2.75. The van der Waals surface area contributed by atoms with Crippen LogP contribution in [-0.4, -0.2) is 37.3 Å². The molecule has 0 aliphatic carbocycles. The number of hydrogen-bond donors (Lipinski definition) is 1. The van der Waals surface area contributed by atoms with E-state index in [0.29, 0.717) is 18.7 Å². The molecule has 20 heavy (non-hydrogen) atoms. The van der Waals surface area contributed by atoms with Crippen LogP contribution in [0.4, 0.5) is 5.82 Å². The Hall–Kier alpha value is -1.13. The lowest BCUT2D eigenvalue weighted by molar-refractivity contribution is 0.181. The van der Waals surface area contributed by atoms with Gasteiger partial charge in [0.1, 0.15) is 5.82 Å². The Kier molecular flexibility index (Phi) is 6.96.